The molecular formula is C11H17BrN2O2. The van der Waals surface area contributed by atoms with Gasteiger partial charge in [0.25, 0.3) is 0 Å². The number of hydrogen-bond acceptors (Lipinski definition) is 4. The fourth-order valence-corrected chi connectivity index (χ4v) is 2.11. The lowest BCUT2D eigenvalue weighted by Gasteiger charge is -2.16. The zero-order valence-corrected chi connectivity index (χ0v) is 11.1. The molecule has 4 N–H and O–H groups in total. The molecule has 1 atom stereocenters. The van der Waals surface area contributed by atoms with E-state index in [2.05, 4.69) is 15.9 Å². The molecule has 0 bridgehead atoms. The maximum Gasteiger partial charge on any atom is 0.161 e. The molecule has 4 nitrogen and oxygen atoms in total. The van der Waals surface area contributed by atoms with Gasteiger partial charge in [-0.15, -0.1) is 0 Å². The van der Waals surface area contributed by atoms with Gasteiger partial charge in [0, 0.05) is 10.5 Å². The summed E-state index contributed by atoms with van der Waals surface area (Å²) < 4.78 is 11.3. The summed E-state index contributed by atoms with van der Waals surface area (Å²) in [6.07, 6.45) is 0.730. The maximum absolute atomic E-state index is 6.02. The topological polar surface area (TPSA) is 70.5 Å². The molecule has 0 heterocycles. The van der Waals surface area contributed by atoms with Crippen molar-refractivity contribution < 1.29 is 9.47 Å². The third kappa shape index (κ3) is 2.87. The van der Waals surface area contributed by atoms with Crippen LogP contribution in [-0.2, 0) is 0 Å². The number of hydrogen-bond donors (Lipinski definition) is 2. The molecule has 0 aromatic heterocycles. The molecule has 5 heteroatoms. The second-order valence-corrected chi connectivity index (χ2v) is 4.27. The van der Waals surface area contributed by atoms with Crippen molar-refractivity contribution in [2.24, 2.45) is 11.5 Å². The van der Waals surface area contributed by atoms with Crippen LogP contribution in [0.25, 0.3) is 0 Å². The molecule has 1 rings (SSSR count). The number of methoxy groups -OCH3 is 2. The SMILES string of the molecule is COc1cc(Br)c([C@H](N)CCN)cc1OC. The van der Waals surface area contributed by atoms with E-state index in [4.69, 9.17) is 20.9 Å². The second kappa shape index (κ2) is 6.08. The molecule has 16 heavy (non-hydrogen) atoms. The van der Waals surface area contributed by atoms with E-state index in [1.165, 1.54) is 0 Å². The first kappa shape index (κ1) is 13.3. The van der Waals surface area contributed by atoms with Crippen LogP contribution in [0.15, 0.2) is 16.6 Å². The quantitative estimate of drug-likeness (QED) is 0.867. The van der Waals surface area contributed by atoms with Gasteiger partial charge in [-0.25, -0.2) is 0 Å². The molecule has 0 aliphatic carbocycles. The number of nitrogens with two attached hydrogens (primary N) is 2. The minimum Gasteiger partial charge on any atom is -0.493 e. The van der Waals surface area contributed by atoms with Gasteiger partial charge in [0.15, 0.2) is 11.5 Å². The standard InChI is InChI=1S/C11H17BrN2O2/c1-15-10-5-7(9(14)3-4-13)8(12)6-11(10)16-2/h5-6,9H,3-4,13-14H2,1-2H3/t9-/m1/s1. The summed E-state index contributed by atoms with van der Waals surface area (Å²) in [5, 5.41) is 0. The van der Waals surface area contributed by atoms with Gasteiger partial charge in [0.2, 0.25) is 0 Å². The Morgan fingerprint density at radius 2 is 1.81 bits per heavy atom. The molecule has 1 aromatic carbocycles. The highest BCUT2D eigenvalue weighted by atomic mass is 79.9. The van der Waals surface area contributed by atoms with E-state index < -0.39 is 0 Å². The highest BCUT2D eigenvalue weighted by Gasteiger charge is 2.14. The van der Waals surface area contributed by atoms with Gasteiger partial charge in [-0.3, -0.25) is 0 Å². The zero-order chi connectivity index (χ0) is 12.1. The van der Waals surface area contributed by atoms with Gasteiger partial charge in [-0.2, -0.15) is 0 Å². The van der Waals surface area contributed by atoms with Crippen LogP contribution in [0.5, 0.6) is 11.5 Å². The van der Waals surface area contributed by atoms with Crippen molar-refractivity contribution in [3.05, 3.63) is 22.2 Å². The smallest absolute Gasteiger partial charge is 0.161 e. The van der Waals surface area contributed by atoms with Crippen molar-refractivity contribution in [2.45, 2.75) is 12.5 Å². The summed E-state index contributed by atoms with van der Waals surface area (Å²) in [6.45, 7) is 0.557. The van der Waals surface area contributed by atoms with Gasteiger partial charge < -0.3 is 20.9 Å². The van der Waals surface area contributed by atoms with Gasteiger partial charge >= 0.3 is 0 Å². The van der Waals surface area contributed by atoms with Crippen molar-refractivity contribution in [1.29, 1.82) is 0 Å². The fraction of sp³-hybridized carbons (Fsp3) is 0.455. The Bertz CT molecular complexity index is 358. The fourth-order valence-electron chi connectivity index (χ4n) is 1.49. The van der Waals surface area contributed by atoms with Crippen LogP contribution in [0, 0.1) is 0 Å². The molecule has 0 spiro atoms. The molecule has 0 amide bonds. The monoisotopic (exact) mass is 288 g/mol. The summed E-state index contributed by atoms with van der Waals surface area (Å²) in [5.41, 5.74) is 12.5. The lowest BCUT2D eigenvalue weighted by atomic mass is 10.0. The zero-order valence-electron chi connectivity index (χ0n) is 9.50. The predicted molar refractivity (Wildman–Crippen MR) is 67.8 cm³/mol. The molecular weight excluding hydrogens is 272 g/mol. The Hall–Kier alpha value is -0.780. The minimum absolute atomic E-state index is 0.0980. The highest BCUT2D eigenvalue weighted by Crippen LogP contribution is 2.35. The summed E-state index contributed by atoms with van der Waals surface area (Å²) in [5.74, 6) is 1.35. The van der Waals surface area contributed by atoms with E-state index in [1.54, 1.807) is 14.2 Å². The van der Waals surface area contributed by atoms with Crippen LogP contribution in [-0.4, -0.2) is 20.8 Å². The molecule has 1 aromatic rings. The molecule has 0 aliphatic heterocycles. The summed E-state index contributed by atoms with van der Waals surface area (Å²) in [7, 11) is 3.20. The Labute approximate surface area is 104 Å². The maximum atomic E-state index is 6.02. The molecule has 0 fully saturated rings. The van der Waals surface area contributed by atoms with Crippen LogP contribution >= 0.6 is 15.9 Å². The first-order valence-electron chi connectivity index (χ1n) is 5.01. The molecule has 0 saturated heterocycles. The van der Waals surface area contributed by atoms with Crippen molar-refractivity contribution >= 4 is 15.9 Å². The molecule has 0 unspecified atom stereocenters. The number of rotatable bonds is 5. The third-order valence-corrected chi connectivity index (χ3v) is 3.07. The summed E-state index contributed by atoms with van der Waals surface area (Å²) in [4.78, 5) is 0. The highest BCUT2D eigenvalue weighted by molar-refractivity contribution is 9.10. The van der Waals surface area contributed by atoms with Gasteiger partial charge in [-0.1, -0.05) is 15.9 Å². The Kier molecular flexibility index (Phi) is 5.05. The van der Waals surface area contributed by atoms with E-state index in [1.807, 2.05) is 12.1 Å². The average molecular weight is 289 g/mol. The summed E-state index contributed by atoms with van der Waals surface area (Å²) in [6, 6.07) is 3.63. The largest absolute Gasteiger partial charge is 0.493 e. The molecule has 90 valence electrons. The van der Waals surface area contributed by atoms with Gasteiger partial charge in [0.05, 0.1) is 14.2 Å². The minimum atomic E-state index is -0.0980. The predicted octanol–water partition coefficient (Wildman–Crippen LogP) is 1.81. The Morgan fingerprint density at radius 3 is 2.31 bits per heavy atom. The summed E-state index contributed by atoms with van der Waals surface area (Å²) >= 11 is 3.47. The lowest BCUT2D eigenvalue weighted by Crippen LogP contribution is -2.16. The van der Waals surface area contributed by atoms with E-state index in [0.717, 1.165) is 16.5 Å². The van der Waals surface area contributed by atoms with Crippen LogP contribution in [0.3, 0.4) is 0 Å². The molecule has 0 radical (unpaired) electrons. The van der Waals surface area contributed by atoms with Crippen molar-refractivity contribution in [2.75, 3.05) is 20.8 Å². The van der Waals surface area contributed by atoms with Gasteiger partial charge in [0.1, 0.15) is 0 Å². The average Bonchev–Trinajstić information content (AvgIpc) is 2.28. The number of ether oxygens (including phenoxy) is 2. The number of halogens is 1. The lowest BCUT2D eigenvalue weighted by molar-refractivity contribution is 0.354. The molecule has 0 saturated carbocycles. The van der Waals surface area contributed by atoms with E-state index >= 15 is 0 Å². The van der Waals surface area contributed by atoms with Crippen LogP contribution in [0.1, 0.15) is 18.0 Å². The van der Waals surface area contributed by atoms with E-state index in [-0.39, 0.29) is 6.04 Å². The van der Waals surface area contributed by atoms with Crippen molar-refractivity contribution in [3.63, 3.8) is 0 Å². The van der Waals surface area contributed by atoms with Crippen molar-refractivity contribution in [1.82, 2.24) is 0 Å². The van der Waals surface area contributed by atoms with E-state index in [0.29, 0.717) is 18.0 Å². The Morgan fingerprint density at radius 1 is 1.25 bits per heavy atom. The first-order chi connectivity index (χ1) is 7.63. The van der Waals surface area contributed by atoms with E-state index in [9.17, 15) is 0 Å². The second-order valence-electron chi connectivity index (χ2n) is 3.41. The van der Waals surface area contributed by atoms with Crippen LogP contribution in [0.2, 0.25) is 0 Å². The van der Waals surface area contributed by atoms with Crippen LogP contribution in [0.4, 0.5) is 0 Å². The third-order valence-electron chi connectivity index (χ3n) is 2.38. The molecule has 0 aliphatic rings. The van der Waals surface area contributed by atoms with Crippen molar-refractivity contribution in [3.8, 4) is 11.5 Å². The van der Waals surface area contributed by atoms with Crippen LogP contribution < -0.4 is 20.9 Å². The number of benzene rings is 1. The Balaban J connectivity index is 3.10. The normalized spacial score (nSPS) is 12.3. The first-order valence-corrected chi connectivity index (χ1v) is 5.80. The van der Waals surface area contributed by atoms with Gasteiger partial charge in [-0.05, 0) is 30.7 Å².